The number of likely N-dealkylation sites (tertiary alicyclic amines) is 1. The van der Waals surface area contributed by atoms with Gasteiger partial charge in [-0.3, -0.25) is 10.1 Å². The minimum absolute atomic E-state index is 0.0599. The second-order valence-corrected chi connectivity index (χ2v) is 5.41. The molecule has 0 amide bonds. The van der Waals surface area contributed by atoms with Gasteiger partial charge in [-0.25, -0.2) is 4.39 Å². The number of halogens is 1. The van der Waals surface area contributed by atoms with Gasteiger partial charge in [0.1, 0.15) is 0 Å². The van der Waals surface area contributed by atoms with E-state index in [0.29, 0.717) is 12.5 Å². The third-order valence-electron chi connectivity index (χ3n) is 3.77. The maximum atomic E-state index is 13.9. The molecule has 1 heterocycles. The molecule has 0 radical (unpaired) electrons. The molecular formula is C14H20FN3O3. The van der Waals surface area contributed by atoms with E-state index in [1.807, 2.05) is 0 Å². The lowest BCUT2D eigenvalue weighted by atomic mass is 9.98. The minimum Gasteiger partial charge on any atom is -0.490 e. The van der Waals surface area contributed by atoms with Gasteiger partial charge in [0, 0.05) is 19.2 Å². The number of nitrogens with zero attached hydrogens (tertiary/aromatic N) is 2. The van der Waals surface area contributed by atoms with Crippen LogP contribution in [0.3, 0.4) is 0 Å². The van der Waals surface area contributed by atoms with Gasteiger partial charge < -0.3 is 15.0 Å². The molecule has 6 nitrogen and oxygen atoms in total. The quantitative estimate of drug-likeness (QED) is 0.668. The highest BCUT2D eigenvalue weighted by atomic mass is 19.1. The van der Waals surface area contributed by atoms with Gasteiger partial charge in [0.25, 0.3) is 0 Å². The lowest BCUT2D eigenvalue weighted by Gasteiger charge is -2.30. The molecule has 0 bridgehead atoms. The number of hydrogen-bond acceptors (Lipinski definition) is 5. The highest BCUT2D eigenvalue weighted by Gasteiger charge is 2.21. The molecule has 1 aromatic rings. The Hall–Kier alpha value is -1.89. The SMILES string of the molecule is COc1cc(NC[C@H]2CCCN(C)C2)c(F)cc1[N+](=O)[O-]. The van der Waals surface area contributed by atoms with Crippen LogP contribution in [0.2, 0.25) is 0 Å². The summed E-state index contributed by atoms with van der Waals surface area (Å²) in [5, 5.41) is 13.9. The number of nitro groups is 1. The number of anilines is 1. The van der Waals surface area contributed by atoms with Crippen LogP contribution in [0.5, 0.6) is 5.75 Å². The first-order valence-corrected chi connectivity index (χ1v) is 6.95. The predicted molar refractivity (Wildman–Crippen MR) is 78.3 cm³/mol. The Kier molecular flexibility index (Phi) is 4.95. The standard InChI is InChI=1S/C14H20FN3O3/c1-17-5-3-4-10(9-17)8-16-12-7-14(21-2)13(18(19)20)6-11(12)15/h6-7,10,16H,3-5,8-9H2,1-2H3/t10-/m1/s1. The molecule has 0 aromatic heterocycles. The van der Waals surface area contributed by atoms with Crippen molar-refractivity contribution in [2.24, 2.45) is 5.92 Å². The first-order chi connectivity index (χ1) is 10.0. The monoisotopic (exact) mass is 297 g/mol. The Morgan fingerprint density at radius 1 is 1.57 bits per heavy atom. The summed E-state index contributed by atoms with van der Waals surface area (Å²) in [5.74, 6) is -0.124. The van der Waals surface area contributed by atoms with Crippen molar-refractivity contribution in [2.45, 2.75) is 12.8 Å². The van der Waals surface area contributed by atoms with Gasteiger partial charge in [0.2, 0.25) is 0 Å². The van der Waals surface area contributed by atoms with Gasteiger partial charge in [-0.2, -0.15) is 0 Å². The highest BCUT2D eigenvalue weighted by Crippen LogP contribution is 2.32. The summed E-state index contributed by atoms with van der Waals surface area (Å²) in [6.07, 6.45) is 2.23. The molecule has 1 fully saturated rings. The predicted octanol–water partition coefficient (Wildman–Crippen LogP) is 2.50. The van der Waals surface area contributed by atoms with E-state index in [2.05, 4.69) is 17.3 Å². The fourth-order valence-corrected chi connectivity index (χ4v) is 2.68. The van der Waals surface area contributed by atoms with Crippen LogP contribution in [0.4, 0.5) is 15.8 Å². The number of rotatable bonds is 5. The summed E-state index contributed by atoms with van der Waals surface area (Å²) >= 11 is 0. The van der Waals surface area contributed by atoms with Gasteiger partial charge >= 0.3 is 5.69 Å². The van der Waals surface area contributed by atoms with Crippen molar-refractivity contribution in [3.8, 4) is 5.75 Å². The van der Waals surface area contributed by atoms with Crippen LogP contribution < -0.4 is 10.1 Å². The zero-order chi connectivity index (χ0) is 15.4. The fraction of sp³-hybridized carbons (Fsp3) is 0.571. The molecule has 1 N–H and O–H groups in total. The number of piperidine rings is 1. The number of ether oxygens (including phenoxy) is 1. The lowest BCUT2D eigenvalue weighted by molar-refractivity contribution is -0.385. The normalized spacial score (nSPS) is 19.3. The summed E-state index contributed by atoms with van der Waals surface area (Å²) in [6, 6.07) is 2.24. The van der Waals surface area contributed by atoms with E-state index < -0.39 is 10.7 Å². The topological polar surface area (TPSA) is 67.6 Å². The van der Waals surface area contributed by atoms with E-state index in [1.165, 1.54) is 13.2 Å². The third-order valence-corrected chi connectivity index (χ3v) is 3.77. The van der Waals surface area contributed by atoms with Gasteiger partial charge in [-0.15, -0.1) is 0 Å². The highest BCUT2D eigenvalue weighted by molar-refractivity contribution is 5.59. The molecule has 0 saturated carbocycles. The van der Waals surface area contributed by atoms with Crippen LogP contribution in [-0.2, 0) is 0 Å². The number of nitro benzene ring substituents is 1. The Morgan fingerprint density at radius 2 is 2.33 bits per heavy atom. The molecule has 1 atom stereocenters. The van der Waals surface area contributed by atoms with Crippen molar-refractivity contribution in [1.82, 2.24) is 4.90 Å². The molecule has 1 aliphatic rings. The van der Waals surface area contributed by atoms with Gasteiger partial charge in [-0.05, 0) is 32.4 Å². The third kappa shape index (κ3) is 3.81. The average molecular weight is 297 g/mol. The smallest absolute Gasteiger partial charge is 0.313 e. The first-order valence-electron chi connectivity index (χ1n) is 6.95. The van der Waals surface area contributed by atoms with Crippen molar-refractivity contribution >= 4 is 11.4 Å². The number of nitrogens with one attached hydrogen (secondary N) is 1. The van der Waals surface area contributed by atoms with Crippen molar-refractivity contribution in [3.63, 3.8) is 0 Å². The molecular weight excluding hydrogens is 277 g/mol. The van der Waals surface area contributed by atoms with Gasteiger partial charge in [-0.1, -0.05) is 0 Å². The van der Waals surface area contributed by atoms with E-state index in [9.17, 15) is 14.5 Å². The molecule has 0 aliphatic carbocycles. The maximum Gasteiger partial charge on any atom is 0.313 e. The van der Waals surface area contributed by atoms with E-state index in [0.717, 1.165) is 32.0 Å². The second-order valence-electron chi connectivity index (χ2n) is 5.41. The molecule has 1 aromatic carbocycles. The second kappa shape index (κ2) is 6.71. The van der Waals surface area contributed by atoms with Crippen LogP contribution >= 0.6 is 0 Å². The number of hydrogen-bond donors (Lipinski definition) is 1. The summed E-state index contributed by atoms with van der Waals surface area (Å²) in [7, 11) is 3.40. The zero-order valence-corrected chi connectivity index (χ0v) is 12.3. The number of benzene rings is 1. The van der Waals surface area contributed by atoms with Crippen LogP contribution in [0.25, 0.3) is 0 Å². The number of methoxy groups -OCH3 is 1. The van der Waals surface area contributed by atoms with Gasteiger partial charge in [0.05, 0.1) is 23.8 Å². The fourth-order valence-electron chi connectivity index (χ4n) is 2.68. The zero-order valence-electron chi connectivity index (χ0n) is 12.3. The van der Waals surface area contributed by atoms with E-state index >= 15 is 0 Å². The maximum absolute atomic E-state index is 13.9. The summed E-state index contributed by atoms with van der Waals surface area (Å²) < 4.78 is 18.9. The molecule has 0 spiro atoms. The van der Waals surface area contributed by atoms with Crippen molar-refractivity contribution in [1.29, 1.82) is 0 Å². The Morgan fingerprint density at radius 3 is 2.95 bits per heavy atom. The van der Waals surface area contributed by atoms with Crippen LogP contribution in [0.1, 0.15) is 12.8 Å². The lowest BCUT2D eigenvalue weighted by Crippen LogP contribution is -2.35. The molecule has 7 heteroatoms. The minimum atomic E-state index is -0.651. The van der Waals surface area contributed by atoms with Crippen molar-refractivity contribution in [3.05, 3.63) is 28.1 Å². The Labute approximate surface area is 123 Å². The summed E-state index contributed by atoms with van der Waals surface area (Å²) in [5.41, 5.74) is -0.122. The Bertz CT molecular complexity index is 524. The molecule has 0 unspecified atom stereocenters. The first kappa shape index (κ1) is 15.5. The summed E-state index contributed by atoms with van der Waals surface area (Å²) in [4.78, 5) is 12.4. The Balaban J connectivity index is 2.07. The molecule has 21 heavy (non-hydrogen) atoms. The summed E-state index contributed by atoms with van der Waals surface area (Å²) in [6.45, 7) is 2.71. The van der Waals surface area contributed by atoms with Gasteiger partial charge in [0.15, 0.2) is 11.6 Å². The average Bonchev–Trinajstić information content (AvgIpc) is 2.45. The molecule has 116 valence electrons. The van der Waals surface area contributed by atoms with E-state index in [-0.39, 0.29) is 17.1 Å². The molecule has 1 aliphatic heterocycles. The van der Waals surface area contributed by atoms with Crippen LogP contribution in [-0.4, -0.2) is 43.6 Å². The van der Waals surface area contributed by atoms with E-state index in [4.69, 9.17) is 4.74 Å². The molecule has 1 saturated heterocycles. The van der Waals surface area contributed by atoms with Crippen molar-refractivity contribution in [2.75, 3.05) is 39.1 Å². The molecule has 2 rings (SSSR count). The van der Waals surface area contributed by atoms with Crippen LogP contribution in [0, 0.1) is 21.8 Å². The van der Waals surface area contributed by atoms with Crippen molar-refractivity contribution < 1.29 is 14.1 Å². The van der Waals surface area contributed by atoms with Crippen LogP contribution in [0.15, 0.2) is 12.1 Å². The van der Waals surface area contributed by atoms with E-state index in [1.54, 1.807) is 0 Å². The largest absolute Gasteiger partial charge is 0.490 e.